The standard InChI is InChI=1S/C24H26F3N3O2/c1-6-16-10-8-9-13(3)20(16)29-22(31)18(7-2)30-19-12-15(5)14(4)11-17(19)28-21(23(30)32)24(25,26)27/h8-12,18H,6-7H2,1-5H3,(H,29,31)/t18-/m0/s1. The van der Waals surface area contributed by atoms with Crippen LogP contribution in [-0.2, 0) is 17.4 Å². The number of alkyl halides is 3. The van der Waals surface area contributed by atoms with Gasteiger partial charge in [0.2, 0.25) is 11.6 Å². The minimum Gasteiger partial charge on any atom is -0.324 e. The van der Waals surface area contributed by atoms with E-state index < -0.39 is 29.4 Å². The lowest BCUT2D eigenvalue weighted by atomic mass is 10.0. The van der Waals surface area contributed by atoms with E-state index in [2.05, 4.69) is 10.3 Å². The van der Waals surface area contributed by atoms with Gasteiger partial charge in [0, 0.05) is 5.69 Å². The first-order chi connectivity index (χ1) is 15.0. The SMILES string of the molecule is CCc1cccc(C)c1NC(=O)[C@H](CC)n1c(=O)c(C(F)(F)F)nc2cc(C)c(C)cc21. The van der Waals surface area contributed by atoms with Crippen LogP contribution in [0.15, 0.2) is 35.1 Å². The van der Waals surface area contributed by atoms with Gasteiger partial charge in [0.05, 0.1) is 11.0 Å². The third-order valence-electron chi connectivity index (χ3n) is 5.76. The number of rotatable bonds is 5. The topological polar surface area (TPSA) is 64.0 Å². The maximum absolute atomic E-state index is 13.6. The third kappa shape index (κ3) is 4.26. The zero-order valence-corrected chi connectivity index (χ0v) is 18.7. The van der Waals surface area contributed by atoms with E-state index in [4.69, 9.17) is 0 Å². The Morgan fingerprint density at radius 1 is 1.09 bits per heavy atom. The maximum Gasteiger partial charge on any atom is 0.438 e. The number of aryl methyl sites for hydroxylation is 4. The number of benzene rings is 2. The quantitative estimate of drug-likeness (QED) is 0.565. The van der Waals surface area contributed by atoms with E-state index in [0.29, 0.717) is 12.1 Å². The lowest BCUT2D eigenvalue weighted by Crippen LogP contribution is -2.38. The summed E-state index contributed by atoms with van der Waals surface area (Å²) in [5, 5.41) is 2.86. The molecule has 0 aliphatic rings. The molecule has 0 aliphatic heterocycles. The fraction of sp³-hybridized carbons (Fsp3) is 0.375. The fourth-order valence-electron chi connectivity index (χ4n) is 3.85. The van der Waals surface area contributed by atoms with Crippen molar-refractivity contribution in [1.82, 2.24) is 9.55 Å². The van der Waals surface area contributed by atoms with Crippen molar-refractivity contribution in [2.24, 2.45) is 0 Å². The van der Waals surface area contributed by atoms with Crippen LogP contribution in [0.1, 0.15) is 54.3 Å². The lowest BCUT2D eigenvalue weighted by Gasteiger charge is -2.23. The van der Waals surface area contributed by atoms with Gasteiger partial charge in [-0.15, -0.1) is 0 Å². The molecular formula is C24H26F3N3O2. The highest BCUT2D eigenvalue weighted by atomic mass is 19.4. The van der Waals surface area contributed by atoms with Crippen LogP contribution in [0.3, 0.4) is 0 Å². The number of amides is 1. The van der Waals surface area contributed by atoms with E-state index in [-0.39, 0.29) is 17.5 Å². The third-order valence-corrected chi connectivity index (χ3v) is 5.76. The van der Waals surface area contributed by atoms with E-state index >= 15 is 0 Å². The molecule has 0 saturated heterocycles. The summed E-state index contributed by atoms with van der Waals surface area (Å²) in [6.07, 6.45) is -4.14. The highest BCUT2D eigenvalue weighted by Crippen LogP contribution is 2.30. The summed E-state index contributed by atoms with van der Waals surface area (Å²) in [6, 6.07) is 7.59. The lowest BCUT2D eigenvalue weighted by molar-refractivity contribution is -0.142. The molecule has 0 unspecified atom stereocenters. The van der Waals surface area contributed by atoms with Crippen LogP contribution in [0.25, 0.3) is 11.0 Å². The second-order valence-corrected chi connectivity index (χ2v) is 7.93. The second-order valence-electron chi connectivity index (χ2n) is 7.93. The number of halogens is 3. The molecule has 1 heterocycles. The van der Waals surface area contributed by atoms with Crippen molar-refractivity contribution >= 4 is 22.6 Å². The zero-order valence-electron chi connectivity index (χ0n) is 18.7. The molecule has 1 aromatic heterocycles. The summed E-state index contributed by atoms with van der Waals surface area (Å²) in [5.41, 5.74) is 1.27. The normalized spacial score (nSPS) is 12.8. The van der Waals surface area contributed by atoms with E-state index in [1.54, 1.807) is 26.8 Å². The summed E-state index contributed by atoms with van der Waals surface area (Å²) in [6.45, 7) is 9.01. The first kappa shape index (κ1) is 23.5. The van der Waals surface area contributed by atoms with Crippen LogP contribution >= 0.6 is 0 Å². The molecule has 1 N–H and O–H groups in total. The smallest absolute Gasteiger partial charge is 0.324 e. The Kier molecular flexibility index (Phi) is 6.44. The second kappa shape index (κ2) is 8.76. The number of carbonyl (C=O) groups is 1. The van der Waals surface area contributed by atoms with Gasteiger partial charge in [-0.1, -0.05) is 32.0 Å². The van der Waals surface area contributed by atoms with Crippen molar-refractivity contribution in [2.45, 2.75) is 59.7 Å². The number of nitrogens with one attached hydrogen (secondary N) is 1. The Bertz CT molecular complexity index is 1250. The van der Waals surface area contributed by atoms with Crippen molar-refractivity contribution in [3.63, 3.8) is 0 Å². The molecular weight excluding hydrogens is 419 g/mol. The van der Waals surface area contributed by atoms with Crippen molar-refractivity contribution in [3.05, 3.63) is 68.6 Å². The molecule has 0 bridgehead atoms. The molecule has 1 atom stereocenters. The molecule has 2 aromatic carbocycles. The first-order valence-corrected chi connectivity index (χ1v) is 10.5. The van der Waals surface area contributed by atoms with Gasteiger partial charge in [0.25, 0.3) is 5.56 Å². The molecule has 0 aliphatic carbocycles. The molecule has 0 fully saturated rings. The average molecular weight is 445 g/mol. The molecule has 32 heavy (non-hydrogen) atoms. The van der Waals surface area contributed by atoms with E-state index in [1.807, 2.05) is 32.0 Å². The van der Waals surface area contributed by atoms with Gasteiger partial charge in [0.15, 0.2) is 0 Å². The van der Waals surface area contributed by atoms with Crippen LogP contribution in [-0.4, -0.2) is 15.5 Å². The number of hydrogen-bond acceptors (Lipinski definition) is 3. The largest absolute Gasteiger partial charge is 0.438 e. The van der Waals surface area contributed by atoms with Gasteiger partial charge in [-0.05, 0) is 68.0 Å². The summed E-state index contributed by atoms with van der Waals surface area (Å²) in [5.74, 6) is -0.544. The first-order valence-electron chi connectivity index (χ1n) is 10.5. The predicted molar refractivity (Wildman–Crippen MR) is 119 cm³/mol. The Morgan fingerprint density at radius 2 is 1.75 bits per heavy atom. The number of aromatic nitrogens is 2. The van der Waals surface area contributed by atoms with Crippen LogP contribution in [0.4, 0.5) is 18.9 Å². The minimum atomic E-state index is -4.94. The average Bonchev–Trinajstić information content (AvgIpc) is 2.72. The zero-order chi connectivity index (χ0) is 23.8. The van der Waals surface area contributed by atoms with E-state index in [9.17, 15) is 22.8 Å². The number of carbonyl (C=O) groups excluding carboxylic acids is 1. The molecule has 3 aromatic rings. The summed E-state index contributed by atoms with van der Waals surface area (Å²) in [7, 11) is 0. The molecule has 1 amide bonds. The molecule has 0 saturated carbocycles. The Balaban J connectivity index is 2.24. The summed E-state index contributed by atoms with van der Waals surface area (Å²) < 4.78 is 41.8. The summed E-state index contributed by atoms with van der Waals surface area (Å²) in [4.78, 5) is 29.9. The molecule has 8 heteroatoms. The van der Waals surface area contributed by atoms with Crippen LogP contribution < -0.4 is 10.9 Å². The van der Waals surface area contributed by atoms with Crippen molar-refractivity contribution in [2.75, 3.05) is 5.32 Å². The molecule has 0 spiro atoms. The van der Waals surface area contributed by atoms with Crippen LogP contribution in [0.2, 0.25) is 0 Å². The molecule has 170 valence electrons. The van der Waals surface area contributed by atoms with Gasteiger partial charge < -0.3 is 5.32 Å². The van der Waals surface area contributed by atoms with Crippen LogP contribution in [0.5, 0.6) is 0 Å². The molecule has 5 nitrogen and oxygen atoms in total. The molecule has 3 rings (SSSR count). The summed E-state index contributed by atoms with van der Waals surface area (Å²) >= 11 is 0. The van der Waals surface area contributed by atoms with Crippen molar-refractivity contribution in [1.29, 1.82) is 0 Å². The Hall–Kier alpha value is -3.16. The maximum atomic E-state index is 13.6. The van der Waals surface area contributed by atoms with Crippen LogP contribution in [0, 0.1) is 20.8 Å². The van der Waals surface area contributed by atoms with Gasteiger partial charge in [-0.2, -0.15) is 13.2 Å². The number of nitrogens with zero attached hydrogens (tertiary/aromatic N) is 2. The number of hydrogen-bond donors (Lipinski definition) is 1. The Morgan fingerprint density at radius 3 is 2.34 bits per heavy atom. The van der Waals surface area contributed by atoms with E-state index in [1.165, 1.54) is 6.07 Å². The number of anilines is 1. The van der Waals surface area contributed by atoms with Gasteiger partial charge in [-0.3, -0.25) is 14.2 Å². The number of fused-ring (bicyclic) bond motifs is 1. The van der Waals surface area contributed by atoms with Crippen molar-refractivity contribution < 1.29 is 18.0 Å². The fourth-order valence-corrected chi connectivity index (χ4v) is 3.85. The van der Waals surface area contributed by atoms with E-state index in [0.717, 1.165) is 26.8 Å². The highest BCUT2D eigenvalue weighted by molar-refractivity contribution is 5.96. The monoisotopic (exact) mass is 445 g/mol. The Labute approximate surface area is 184 Å². The minimum absolute atomic E-state index is 0.0245. The van der Waals surface area contributed by atoms with Gasteiger partial charge in [0.1, 0.15) is 6.04 Å². The molecule has 0 radical (unpaired) electrons. The predicted octanol–water partition coefficient (Wildman–Crippen LogP) is 5.49. The number of para-hydroxylation sites is 1. The van der Waals surface area contributed by atoms with Gasteiger partial charge in [-0.25, -0.2) is 4.98 Å². The highest BCUT2D eigenvalue weighted by Gasteiger charge is 2.39. The van der Waals surface area contributed by atoms with Crippen molar-refractivity contribution in [3.8, 4) is 0 Å². The van der Waals surface area contributed by atoms with Gasteiger partial charge >= 0.3 is 6.18 Å².